The van der Waals surface area contributed by atoms with Crippen molar-refractivity contribution < 1.29 is 18.0 Å². The van der Waals surface area contributed by atoms with E-state index in [1.165, 1.54) is 6.07 Å². The minimum absolute atomic E-state index is 0.00810. The van der Waals surface area contributed by atoms with Crippen molar-refractivity contribution in [3.8, 4) is 0 Å². The van der Waals surface area contributed by atoms with Crippen LogP contribution < -0.4 is 11.1 Å². The Morgan fingerprint density at radius 2 is 2.05 bits per heavy atom. The first-order valence-corrected chi connectivity index (χ1v) is 6.57. The fraction of sp³-hybridized carbons (Fsp3) is 0.500. The van der Waals surface area contributed by atoms with Crippen LogP contribution in [0.15, 0.2) is 18.2 Å². The number of nitrogen functional groups attached to an aromatic ring is 1. The van der Waals surface area contributed by atoms with Crippen LogP contribution in [-0.4, -0.2) is 11.4 Å². The summed E-state index contributed by atoms with van der Waals surface area (Å²) < 4.78 is 38.3. The van der Waals surface area contributed by atoms with E-state index in [1.54, 1.807) is 0 Å². The van der Waals surface area contributed by atoms with Crippen LogP contribution in [0.5, 0.6) is 0 Å². The highest BCUT2D eigenvalue weighted by atomic mass is 19.4. The molecule has 20 heavy (non-hydrogen) atoms. The quantitative estimate of drug-likeness (QED) is 0.837. The molecule has 1 amide bonds. The molecule has 1 aromatic carbocycles. The smallest absolute Gasteiger partial charge is 0.398 e. The lowest BCUT2D eigenvalue weighted by atomic mass is 9.74. The predicted molar refractivity (Wildman–Crippen MR) is 70.2 cm³/mol. The Labute approximate surface area is 115 Å². The normalized spacial score (nSPS) is 17.4. The second-order valence-electron chi connectivity index (χ2n) is 5.24. The minimum Gasteiger partial charge on any atom is -0.398 e. The first-order chi connectivity index (χ1) is 9.27. The zero-order valence-corrected chi connectivity index (χ0v) is 11.2. The van der Waals surface area contributed by atoms with Gasteiger partial charge >= 0.3 is 6.18 Å². The molecule has 3 N–H and O–H groups in total. The Hall–Kier alpha value is -1.72. The molecular formula is C14H17F3N2O. The number of alkyl halides is 3. The Morgan fingerprint density at radius 1 is 1.40 bits per heavy atom. The van der Waals surface area contributed by atoms with Crippen molar-refractivity contribution >= 4 is 11.6 Å². The molecule has 1 saturated carbocycles. The van der Waals surface area contributed by atoms with Gasteiger partial charge in [0.15, 0.2) is 0 Å². The summed E-state index contributed by atoms with van der Waals surface area (Å²) in [5.41, 5.74) is 3.71. The van der Waals surface area contributed by atoms with Gasteiger partial charge in [0, 0.05) is 16.8 Å². The standard InChI is InChI=1S/C14H17F3N2O/c1-2-13(6-3-7-13)19-12(20)9-4-5-11(18)10(8-9)14(15,16)17/h4-5,8H,2-3,6-7,18H2,1H3,(H,19,20). The summed E-state index contributed by atoms with van der Waals surface area (Å²) in [6.45, 7) is 1.96. The van der Waals surface area contributed by atoms with Gasteiger partial charge in [-0.25, -0.2) is 0 Å². The Balaban J connectivity index is 2.23. The number of amides is 1. The topological polar surface area (TPSA) is 55.1 Å². The van der Waals surface area contributed by atoms with Gasteiger partial charge in [0.05, 0.1) is 5.56 Å². The van der Waals surface area contributed by atoms with Crippen molar-refractivity contribution in [3.63, 3.8) is 0 Å². The third-order valence-electron chi connectivity index (χ3n) is 3.99. The molecule has 0 unspecified atom stereocenters. The maximum absolute atomic E-state index is 12.8. The predicted octanol–water partition coefficient (Wildman–Crippen LogP) is 3.35. The van der Waals surface area contributed by atoms with E-state index >= 15 is 0 Å². The van der Waals surface area contributed by atoms with Crippen LogP contribution >= 0.6 is 0 Å². The summed E-state index contributed by atoms with van der Waals surface area (Å²) in [5, 5.41) is 2.85. The van der Waals surface area contributed by atoms with Gasteiger partial charge in [0.2, 0.25) is 0 Å². The molecule has 3 nitrogen and oxygen atoms in total. The van der Waals surface area contributed by atoms with Crippen molar-refractivity contribution in [2.75, 3.05) is 5.73 Å². The molecule has 0 heterocycles. The summed E-state index contributed by atoms with van der Waals surface area (Å²) in [6.07, 6.45) is -1.00. The van der Waals surface area contributed by atoms with Gasteiger partial charge in [0.25, 0.3) is 5.91 Å². The largest absolute Gasteiger partial charge is 0.418 e. The fourth-order valence-corrected chi connectivity index (χ4v) is 2.43. The van der Waals surface area contributed by atoms with E-state index in [2.05, 4.69) is 5.32 Å². The number of carbonyl (C=O) groups excluding carboxylic acids is 1. The second-order valence-corrected chi connectivity index (χ2v) is 5.24. The van der Waals surface area contributed by atoms with Gasteiger partial charge in [-0.05, 0) is 43.9 Å². The lowest BCUT2D eigenvalue weighted by molar-refractivity contribution is -0.136. The SMILES string of the molecule is CCC1(NC(=O)c2ccc(N)c(C(F)(F)F)c2)CCC1. The maximum Gasteiger partial charge on any atom is 0.418 e. The molecule has 2 rings (SSSR count). The van der Waals surface area contributed by atoms with Crippen molar-refractivity contribution in [2.45, 2.75) is 44.3 Å². The van der Waals surface area contributed by atoms with Crippen molar-refractivity contribution in [2.24, 2.45) is 0 Å². The molecule has 0 radical (unpaired) electrons. The molecule has 1 aliphatic carbocycles. The highest BCUT2D eigenvalue weighted by molar-refractivity contribution is 5.95. The highest BCUT2D eigenvalue weighted by Gasteiger charge is 2.37. The molecule has 0 atom stereocenters. The number of nitrogens with two attached hydrogens (primary N) is 1. The molecular weight excluding hydrogens is 269 g/mol. The Morgan fingerprint density at radius 3 is 2.50 bits per heavy atom. The van der Waals surface area contributed by atoms with Crippen LogP contribution in [0.25, 0.3) is 0 Å². The van der Waals surface area contributed by atoms with Gasteiger partial charge in [0.1, 0.15) is 0 Å². The van der Waals surface area contributed by atoms with Gasteiger partial charge in [-0.3, -0.25) is 4.79 Å². The number of halogens is 3. The number of anilines is 1. The molecule has 0 spiro atoms. The number of benzene rings is 1. The average Bonchev–Trinajstić information content (AvgIpc) is 2.32. The molecule has 1 aliphatic rings. The van der Waals surface area contributed by atoms with E-state index in [-0.39, 0.29) is 16.8 Å². The molecule has 6 heteroatoms. The van der Waals surface area contributed by atoms with E-state index < -0.39 is 17.6 Å². The van der Waals surface area contributed by atoms with Crippen molar-refractivity contribution in [1.29, 1.82) is 0 Å². The summed E-state index contributed by atoms with van der Waals surface area (Å²) in [6, 6.07) is 3.26. The van der Waals surface area contributed by atoms with Crippen LogP contribution in [0.2, 0.25) is 0 Å². The van der Waals surface area contributed by atoms with Crippen LogP contribution in [-0.2, 0) is 6.18 Å². The molecule has 110 valence electrons. The number of nitrogens with one attached hydrogen (secondary N) is 1. The van der Waals surface area contributed by atoms with Gasteiger partial charge < -0.3 is 11.1 Å². The number of hydrogen-bond acceptors (Lipinski definition) is 2. The minimum atomic E-state index is -4.56. The molecule has 0 aromatic heterocycles. The van der Waals surface area contributed by atoms with Gasteiger partial charge in [-0.15, -0.1) is 0 Å². The van der Waals surface area contributed by atoms with Crippen LogP contribution in [0, 0.1) is 0 Å². The first kappa shape index (κ1) is 14.7. The zero-order chi connectivity index (χ0) is 15.0. The van der Waals surface area contributed by atoms with E-state index in [0.717, 1.165) is 37.8 Å². The van der Waals surface area contributed by atoms with Crippen molar-refractivity contribution in [1.82, 2.24) is 5.32 Å². The lowest BCUT2D eigenvalue weighted by Gasteiger charge is -2.42. The van der Waals surface area contributed by atoms with Crippen molar-refractivity contribution in [3.05, 3.63) is 29.3 Å². The summed E-state index contributed by atoms with van der Waals surface area (Å²) >= 11 is 0. The van der Waals surface area contributed by atoms with E-state index in [1.807, 2.05) is 6.92 Å². The number of carbonyl (C=O) groups is 1. The summed E-state index contributed by atoms with van der Waals surface area (Å²) in [5.74, 6) is -0.475. The average molecular weight is 286 g/mol. The third-order valence-corrected chi connectivity index (χ3v) is 3.99. The van der Waals surface area contributed by atoms with Crippen LogP contribution in [0.4, 0.5) is 18.9 Å². The fourth-order valence-electron chi connectivity index (χ4n) is 2.43. The van der Waals surface area contributed by atoms with E-state index in [4.69, 9.17) is 5.73 Å². The molecule has 0 saturated heterocycles. The molecule has 1 fully saturated rings. The van der Waals surface area contributed by atoms with Gasteiger partial charge in [-0.2, -0.15) is 13.2 Å². The maximum atomic E-state index is 12.8. The van der Waals surface area contributed by atoms with E-state index in [0.29, 0.717) is 0 Å². The monoisotopic (exact) mass is 286 g/mol. The second kappa shape index (κ2) is 5.00. The summed E-state index contributed by atoms with van der Waals surface area (Å²) in [7, 11) is 0. The molecule has 1 aromatic rings. The zero-order valence-electron chi connectivity index (χ0n) is 11.2. The Kier molecular flexibility index (Phi) is 3.67. The Bertz CT molecular complexity index is 516. The van der Waals surface area contributed by atoms with Crippen LogP contribution in [0.3, 0.4) is 0 Å². The van der Waals surface area contributed by atoms with Gasteiger partial charge in [-0.1, -0.05) is 6.92 Å². The number of hydrogen-bond donors (Lipinski definition) is 2. The number of rotatable bonds is 3. The summed E-state index contributed by atoms with van der Waals surface area (Å²) in [4.78, 5) is 12.1. The lowest BCUT2D eigenvalue weighted by Crippen LogP contribution is -2.53. The van der Waals surface area contributed by atoms with Crippen LogP contribution in [0.1, 0.15) is 48.5 Å². The highest BCUT2D eigenvalue weighted by Crippen LogP contribution is 2.36. The third kappa shape index (κ3) is 2.73. The first-order valence-electron chi connectivity index (χ1n) is 6.57. The molecule has 0 aliphatic heterocycles. The molecule has 0 bridgehead atoms. The van der Waals surface area contributed by atoms with E-state index in [9.17, 15) is 18.0 Å².